The molecular formula is C19H14N2. The molecule has 0 aliphatic heterocycles. The number of rotatable bonds is 2. The van der Waals surface area contributed by atoms with E-state index in [0.29, 0.717) is 5.69 Å². The smallest absolute Gasteiger partial charge is 0.196 e. The second-order valence-corrected chi connectivity index (χ2v) is 4.88. The summed E-state index contributed by atoms with van der Waals surface area (Å²) >= 11 is 0. The number of benzene rings is 2. The van der Waals surface area contributed by atoms with Crippen molar-refractivity contribution in [2.45, 2.75) is 6.92 Å². The first-order chi connectivity index (χ1) is 10.3. The molecule has 1 aromatic heterocycles. The minimum Gasteiger partial charge on any atom is -0.257 e. The number of pyridine rings is 1. The lowest BCUT2D eigenvalue weighted by Crippen LogP contribution is -1.89. The van der Waals surface area contributed by atoms with E-state index in [1.807, 2.05) is 48.7 Å². The Morgan fingerprint density at radius 3 is 2.38 bits per heavy atom. The van der Waals surface area contributed by atoms with Gasteiger partial charge in [0.15, 0.2) is 5.69 Å². The molecule has 0 aliphatic rings. The number of hydrogen-bond donors (Lipinski definition) is 0. The molecule has 0 unspecified atom stereocenters. The van der Waals surface area contributed by atoms with Crippen molar-refractivity contribution in [3.8, 4) is 22.4 Å². The van der Waals surface area contributed by atoms with E-state index in [1.165, 1.54) is 5.56 Å². The van der Waals surface area contributed by atoms with E-state index < -0.39 is 0 Å². The highest BCUT2D eigenvalue weighted by Crippen LogP contribution is 2.32. The molecule has 100 valence electrons. The Hall–Kier alpha value is -2.92. The molecular weight excluding hydrogens is 256 g/mol. The van der Waals surface area contributed by atoms with Gasteiger partial charge in [0.25, 0.3) is 0 Å². The third-order valence-corrected chi connectivity index (χ3v) is 3.49. The molecule has 0 fully saturated rings. The van der Waals surface area contributed by atoms with Crippen molar-refractivity contribution in [2.24, 2.45) is 0 Å². The van der Waals surface area contributed by atoms with Crippen LogP contribution in [0.4, 0.5) is 5.69 Å². The summed E-state index contributed by atoms with van der Waals surface area (Å²) in [6.45, 7) is 9.35. The fraction of sp³-hybridized carbons (Fsp3) is 0.0526. The maximum Gasteiger partial charge on any atom is 0.196 e. The predicted molar refractivity (Wildman–Crippen MR) is 86.1 cm³/mol. The fourth-order valence-corrected chi connectivity index (χ4v) is 2.39. The molecule has 0 saturated carbocycles. The minimum absolute atomic E-state index is 0.632. The molecule has 3 aromatic rings. The molecule has 21 heavy (non-hydrogen) atoms. The number of para-hydroxylation sites is 1. The van der Waals surface area contributed by atoms with Crippen LogP contribution in [-0.4, -0.2) is 4.98 Å². The summed E-state index contributed by atoms with van der Waals surface area (Å²) in [5.74, 6) is 0. The van der Waals surface area contributed by atoms with Gasteiger partial charge in [-0.3, -0.25) is 4.98 Å². The van der Waals surface area contributed by atoms with Crippen LogP contribution in [0.5, 0.6) is 0 Å². The van der Waals surface area contributed by atoms with Crippen molar-refractivity contribution in [3.05, 3.63) is 83.8 Å². The van der Waals surface area contributed by atoms with Gasteiger partial charge in [0, 0.05) is 11.8 Å². The van der Waals surface area contributed by atoms with Gasteiger partial charge < -0.3 is 0 Å². The first-order valence-corrected chi connectivity index (χ1v) is 6.78. The molecule has 0 spiro atoms. The lowest BCUT2D eigenvalue weighted by molar-refractivity contribution is 1.27. The second-order valence-electron chi connectivity index (χ2n) is 4.88. The van der Waals surface area contributed by atoms with E-state index in [1.54, 1.807) is 0 Å². The predicted octanol–water partition coefficient (Wildman–Crippen LogP) is 5.27. The molecule has 0 bridgehead atoms. The molecule has 2 heteroatoms. The number of aromatic nitrogens is 1. The summed E-state index contributed by atoms with van der Waals surface area (Å²) in [7, 11) is 0. The lowest BCUT2D eigenvalue weighted by Gasteiger charge is -2.09. The average Bonchev–Trinajstić information content (AvgIpc) is 2.56. The summed E-state index contributed by atoms with van der Waals surface area (Å²) in [6.07, 6.45) is 1.87. The summed E-state index contributed by atoms with van der Waals surface area (Å²) in [5.41, 5.74) is 5.80. The van der Waals surface area contributed by atoms with Crippen LogP contribution >= 0.6 is 0 Å². The number of aryl methyl sites for hydroxylation is 1. The molecule has 2 nitrogen and oxygen atoms in total. The molecule has 2 aromatic carbocycles. The van der Waals surface area contributed by atoms with Crippen LogP contribution in [0, 0.1) is 13.5 Å². The minimum atomic E-state index is 0.632. The quantitative estimate of drug-likeness (QED) is 0.579. The molecule has 0 N–H and O–H groups in total. The monoisotopic (exact) mass is 270 g/mol. The Bertz CT molecular complexity index is 814. The van der Waals surface area contributed by atoms with Crippen LogP contribution in [-0.2, 0) is 0 Å². The van der Waals surface area contributed by atoms with Crippen LogP contribution in [0.2, 0.25) is 0 Å². The SMILES string of the molecule is [C-]#[N+]c1ccccc1-c1cc(-c2ccccc2)c(C)cn1. The molecule has 0 saturated heterocycles. The molecule has 3 rings (SSSR count). The van der Waals surface area contributed by atoms with Crippen molar-refractivity contribution < 1.29 is 0 Å². The van der Waals surface area contributed by atoms with E-state index in [9.17, 15) is 0 Å². The van der Waals surface area contributed by atoms with E-state index in [2.05, 4.69) is 35.0 Å². The van der Waals surface area contributed by atoms with Gasteiger partial charge in [-0.15, -0.1) is 0 Å². The third-order valence-electron chi connectivity index (χ3n) is 3.49. The summed E-state index contributed by atoms with van der Waals surface area (Å²) in [5, 5.41) is 0. The van der Waals surface area contributed by atoms with Crippen molar-refractivity contribution >= 4 is 5.69 Å². The Balaban J connectivity index is 2.17. The third kappa shape index (κ3) is 2.54. The van der Waals surface area contributed by atoms with Crippen molar-refractivity contribution in [1.29, 1.82) is 0 Å². The standard InChI is InChI=1S/C19H14N2/c1-14-13-21-19(16-10-6-7-11-18(16)20-2)12-17(14)15-8-4-3-5-9-15/h3-13H,1H3. The summed E-state index contributed by atoms with van der Waals surface area (Å²) in [6, 6.07) is 19.9. The summed E-state index contributed by atoms with van der Waals surface area (Å²) < 4.78 is 0. The number of nitrogens with zero attached hydrogens (tertiary/aromatic N) is 2. The van der Waals surface area contributed by atoms with Gasteiger partial charge in [-0.2, -0.15) is 0 Å². The Morgan fingerprint density at radius 1 is 0.905 bits per heavy atom. The van der Waals surface area contributed by atoms with Gasteiger partial charge in [-0.25, -0.2) is 4.85 Å². The van der Waals surface area contributed by atoms with Gasteiger partial charge >= 0.3 is 0 Å². The van der Waals surface area contributed by atoms with Crippen LogP contribution < -0.4 is 0 Å². The normalized spacial score (nSPS) is 10.1. The average molecular weight is 270 g/mol. The maximum absolute atomic E-state index is 7.29. The molecule has 0 radical (unpaired) electrons. The van der Waals surface area contributed by atoms with Gasteiger partial charge in [-0.05, 0) is 29.7 Å². The molecule has 0 atom stereocenters. The Morgan fingerprint density at radius 2 is 1.62 bits per heavy atom. The van der Waals surface area contributed by atoms with Gasteiger partial charge in [-0.1, -0.05) is 54.6 Å². The Labute approximate surface area is 124 Å². The van der Waals surface area contributed by atoms with Crippen molar-refractivity contribution in [2.75, 3.05) is 0 Å². The van der Waals surface area contributed by atoms with Crippen LogP contribution in [0.1, 0.15) is 5.56 Å². The van der Waals surface area contributed by atoms with Crippen molar-refractivity contribution in [3.63, 3.8) is 0 Å². The van der Waals surface area contributed by atoms with E-state index >= 15 is 0 Å². The van der Waals surface area contributed by atoms with Gasteiger partial charge in [0.2, 0.25) is 0 Å². The zero-order chi connectivity index (χ0) is 14.7. The molecule has 0 aliphatic carbocycles. The van der Waals surface area contributed by atoms with Crippen LogP contribution in [0.3, 0.4) is 0 Å². The van der Waals surface area contributed by atoms with Crippen molar-refractivity contribution in [1.82, 2.24) is 4.98 Å². The first kappa shape index (κ1) is 13.1. The highest BCUT2D eigenvalue weighted by Gasteiger charge is 2.09. The molecule has 1 heterocycles. The van der Waals surface area contributed by atoms with Crippen LogP contribution in [0.15, 0.2) is 66.9 Å². The highest BCUT2D eigenvalue weighted by molar-refractivity contribution is 5.80. The lowest BCUT2D eigenvalue weighted by atomic mass is 9.99. The highest BCUT2D eigenvalue weighted by atomic mass is 14.7. The fourth-order valence-electron chi connectivity index (χ4n) is 2.39. The number of hydrogen-bond acceptors (Lipinski definition) is 1. The van der Waals surface area contributed by atoms with E-state index in [4.69, 9.17) is 6.57 Å². The Kier molecular flexibility index (Phi) is 3.49. The van der Waals surface area contributed by atoms with Gasteiger partial charge in [0.1, 0.15) is 0 Å². The largest absolute Gasteiger partial charge is 0.257 e. The van der Waals surface area contributed by atoms with Crippen LogP contribution in [0.25, 0.3) is 27.2 Å². The zero-order valence-corrected chi connectivity index (χ0v) is 11.7. The van der Waals surface area contributed by atoms with Gasteiger partial charge in [0.05, 0.1) is 12.3 Å². The first-order valence-electron chi connectivity index (χ1n) is 6.78. The summed E-state index contributed by atoms with van der Waals surface area (Å²) in [4.78, 5) is 8.08. The maximum atomic E-state index is 7.29. The topological polar surface area (TPSA) is 17.2 Å². The van der Waals surface area contributed by atoms with E-state index in [-0.39, 0.29) is 0 Å². The van der Waals surface area contributed by atoms with E-state index in [0.717, 1.165) is 22.4 Å². The zero-order valence-electron chi connectivity index (χ0n) is 11.7. The second kappa shape index (κ2) is 5.60. The molecule has 0 amide bonds.